The van der Waals surface area contributed by atoms with Crippen molar-refractivity contribution in [2.75, 3.05) is 13.7 Å². The third kappa shape index (κ3) is 32.1. The van der Waals surface area contributed by atoms with Crippen LogP contribution in [0.3, 0.4) is 0 Å². The largest absolute Gasteiger partial charge is 0.480 e. The highest BCUT2D eigenvalue weighted by atomic mass is 16.5. The van der Waals surface area contributed by atoms with Gasteiger partial charge in [-0.15, -0.1) is 0 Å². The number of methoxy groups -OCH3 is 1. The molecule has 0 saturated heterocycles. The maximum Gasteiger partial charge on any atom is 0.326 e. The topological polar surface area (TPSA) is 105 Å². The van der Waals surface area contributed by atoms with E-state index in [9.17, 15) is 19.5 Å². The zero-order valence-electron chi connectivity index (χ0n) is 24.6. The van der Waals surface area contributed by atoms with Gasteiger partial charge in [-0.05, 0) is 72.1 Å². The fraction of sp³-hybridized carbons (Fsp3) is 0.833. The highest BCUT2D eigenvalue weighted by Gasteiger charge is 2.18. The van der Waals surface area contributed by atoms with Gasteiger partial charge in [-0.25, -0.2) is 4.79 Å². The Bertz CT molecular complexity index is 573. The Morgan fingerprint density at radius 2 is 1.35 bits per heavy atom. The van der Waals surface area contributed by atoms with Crippen LogP contribution >= 0.6 is 0 Å². The van der Waals surface area contributed by atoms with E-state index in [1.807, 2.05) is 20.8 Å². The maximum atomic E-state index is 12.0. The van der Waals surface area contributed by atoms with Gasteiger partial charge >= 0.3 is 5.97 Å². The summed E-state index contributed by atoms with van der Waals surface area (Å²) in [6, 6.07) is -0.841. The first-order chi connectivity index (χ1) is 17.7. The third-order valence-corrected chi connectivity index (χ3v) is 6.06. The average Bonchev–Trinajstić information content (AvgIpc) is 2.85. The molecule has 0 heterocycles. The molecule has 0 radical (unpaired) electrons. The molecule has 0 aromatic heterocycles. The van der Waals surface area contributed by atoms with Crippen molar-refractivity contribution in [1.29, 1.82) is 0 Å². The van der Waals surface area contributed by atoms with E-state index in [4.69, 9.17) is 4.74 Å². The highest BCUT2D eigenvalue weighted by Crippen LogP contribution is 2.10. The monoisotopic (exact) mass is 526 g/mol. The summed E-state index contributed by atoms with van der Waals surface area (Å²) in [5, 5.41) is 14.4. The molecule has 0 aromatic carbocycles. The highest BCUT2D eigenvalue weighted by molar-refractivity contribution is 5.83. The summed E-state index contributed by atoms with van der Waals surface area (Å²) in [6.45, 7) is 8.84. The number of carboxylic acid groups (broad SMARTS) is 1. The van der Waals surface area contributed by atoms with E-state index in [2.05, 4.69) is 29.7 Å². The molecule has 0 bridgehead atoms. The first-order valence-corrected chi connectivity index (χ1v) is 14.6. The Morgan fingerprint density at radius 3 is 1.84 bits per heavy atom. The van der Waals surface area contributed by atoms with E-state index >= 15 is 0 Å². The summed E-state index contributed by atoms with van der Waals surface area (Å²) in [6.07, 6.45) is 23.1. The van der Waals surface area contributed by atoms with Gasteiger partial charge in [-0.3, -0.25) is 9.59 Å². The Morgan fingerprint density at radius 1 is 0.838 bits per heavy atom. The minimum absolute atomic E-state index is 0.0417. The van der Waals surface area contributed by atoms with Crippen molar-refractivity contribution in [2.45, 2.75) is 148 Å². The predicted octanol–water partition coefficient (Wildman–Crippen LogP) is 6.94. The molecule has 0 aliphatic rings. The summed E-state index contributed by atoms with van der Waals surface area (Å²) < 4.78 is 4.94. The maximum absolute atomic E-state index is 12.0. The first kappa shape index (κ1) is 37.3. The van der Waals surface area contributed by atoms with Crippen LogP contribution in [0, 0.1) is 0 Å². The summed E-state index contributed by atoms with van der Waals surface area (Å²) >= 11 is 0. The summed E-state index contributed by atoms with van der Waals surface area (Å²) in [5.41, 5.74) is 0.0417. The Kier molecular flexibility index (Phi) is 27.3. The second-order valence-electron chi connectivity index (χ2n) is 10.7. The smallest absolute Gasteiger partial charge is 0.326 e. The number of rotatable bonds is 23. The number of hydrogen-bond donors (Lipinski definition) is 3. The van der Waals surface area contributed by atoms with E-state index in [1.165, 1.54) is 57.8 Å². The van der Waals surface area contributed by atoms with Crippen LogP contribution in [0.5, 0.6) is 0 Å². The third-order valence-electron chi connectivity index (χ3n) is 6.06. The second kappa shape index (κ2) is 27.2. The number of aliphatic carboxylic acids is 1. The van der Waals surface area contributed by atoms with Crippen LogP contribution < -0.4 is 10.6 Å². The molecule has 0 aromatic rings. The van der Waals surface area contributed by atoms with Crippen molar-refractivity contribution in [3.63, 3.8) is 0 Å². The average molecular weight is 527 g/mol. The molecule has 0 aliphatic carbocycles. The zero-order chi connectivity index (χ0) is 28.2. The lowest BCUT2D eigenvalue weighted by atomic mass is 10.1. The van der Waals surface area contributed by atoms with Gasteiger partial charge in [0.05, 0.1) is 5.60 Å². The minimum atomic E-state index is -0.999. The molecule has 1 atom stereocenters. The van der Waals surface area contributed by atoms with Gasteiger partial charge < -0.3 is 20.5 Å². The van der Waals surface area contributed by atoms with Crippen LogP contribution in [0.1, 0.15) is 137 Å². The lowest BCUT2D eigenvalue weighted by Crippen LogP contribution is -2.40. The molecular weight excluding hydrogens is 468 g/mol. The van der Waals surface area contributed by atoms with Crippen molar-refractivity contribution in [1.82, 2.24) is 10.6 Å². The number of ether oxygens (including phenoxy) is 1. The van der Waals surface area contributed by atoms with Gasteiger partial charge in [-0.2, -0.15) is 0 Å². The molecule has 0 spiro atoms. The number of carboxylic acids is 1. The fourth-order valence-corrected chi connectivity index (χ4v) is 3.51. The standard InChI is InChI=1S/C25H46N2O4.C5H12O/c1-2-3-4-5-6-7-8-9-10-11-12-13-14-15-16-20-24(29)27-23(25(30)31)19-17-18-21-26-22-28;1-5(2,3)6-4/h9-10,22-23H,2-8,11-21H2,1H3,(H,26,28)(H,27,29)(H,30,31);1-4H3/b10-9-;. The number of hydrogen-bond acceptors (Lipinski definition) is 4. The Hall–Kier alpha value is -1.89. The van der Waals surface area contributed by atoms with E-state index < -0.39 is 12.0 Å². The quantitative estimate of drug-likeness (QED) is 0.0760. The summed E-state index contributed by atoms with van der Waals surface area (Å²) in [5.74, 6) is -1.18. The van der Waals surface area contributed by atoms with Crippen LogP contribution in [0.4, 0.5) is 0 Å². The first-order valence-electron chi connectivity index (χ1n) is 14.6. The fourth-order valence-electron chi connectivity index (χ4n) is 3.51. The van der Waals surface area contributed by atoms with Gasteiger partial charge in [-0.1, -0.05) is 70.4 Å². The van der Waals surface area contributed by atoms with Crippen LogP contribution in [-0.4, -0.2) is 48.7 Å². The second-order valence-corrected chi connectivity index (χ2v) is 10.7. The van der Waals surface area contributed by atoms with Gasteiger partial charge in [0.1, 0.15) is 6.04 Å². The number of unbranched alkanes of at least 4 members (excludes halogenated alkanes) is 12. The predicted molar refractivity (Wildman–Crippen MR) is 154 cm³/mol. The van der Waals surface area contributed by atoms with E-state index in [0.717, 1.165) is 25.7 Å². The number of carbonyl (C=O) groups is 3. The molecule has 2 amide bonds. The molecule has 37 heavy (non-hydrogen) atoms. The van der Waals surface area contributed by atoms with E-state index in [0.29, 0.717) is 38.6 Å². The molecule has 218 valence electrons. The van der Waals surface area contributed by atoms with Crippen molar-refractivity contribution in [2.24, 2.45) is 0 Å². The molecule has 1 unspecified atom stereocenters. The number of allylic oxidation sites excluding steroid dienone is 2. The van der Waals surface area contributed by atoms with Gasteiger partial charge in [0, 0.05) is 20.1 Å². The zero-order valence-corrected chi connectivity index (χ0v) is 24.6. The van der Waals surface area contributed by atoms with Gasteiger partial charge in [0.2, 0.25) is 12.3 Å². The number of carbonyl (C=O) groups excluding carboxylic acids is 2. The number of nitrogens with one attached hydrogen (secondary N) is 2. The Labute approximate surface area is 227 Å². The molecule has 3 N–H and O–H groups in total. The number of amides is 2. The van der Waals surface area contributed by atoms with Crippen molar-refractivity contribution >= 4 is 18.3 Å². The molecule has 0 aliphatic heterocycles. The normalized spacial score (nSPS) is 12.0. The van der Waals surface area contributed by atoms with Crippen molar-refractivity contribution < 1.29 is 24.2 Å². The van der Waals surface area contributed by atoms with E-state index in [-0.39, 0.29) is 11.5 Å². The van der Waals surface area contributed by atoms with E-state index in [1.54, 1.807) is 7.11 Å². The summed E-state index contributed by atoms with van der Waals surface area (Å²) in [4.78, 5) is 33.4. The summed E-state index contributed by atoms with van der Waals surface area (Å²) in [7, 11) is 1.71. The molecule has 7 nitrogen and oxygen atoms in total. The van der Waals surface area contributed by atoms with Crippen LogP contribution in [-0.2, 0) is 19.1 Å². The SMILES string of the molecule is CCCCCCCC/C=C\CCCCCCCC(=O)NC(CCCCNC=O)C(=O)O.COC(C)(C)C. The molecule has 0 rings (SSSR count). The molecule has 0 fully saturated rings. The van der Waals surface area contributed by atoms with Crippen LogP contribution in [0.25, 0.3) is 0 Å². The minimum Gasteiger partial charge on any atom is -0.480 e. The lowest BCUT2D eigenvalue weighted by molar-refractivity contribution is -0.142. The molecule has 0 saturated carbocycles. The van der Waals surface area contributed by atoms with Gasteiger partial charge in [0.25, 0.3) is 0 Å². The molecular formula is C30H58N2O5. The lowest BCUT2D eigenvalue weighted by Gasteiger charge is -2.14. The Balaban J connectivity index is 0. The van der Waals surface area contributed by atoms with Crippen molar-refractivity contribution in [3.8, 4) is 0 Å². The van der Waals surface area contributed by atoms with Crippen LogP contribution in [0.15, 0.2) is 12.2 Å². The van der Waals surface area contributed by atoms with Crippen molar-refractivity contribution in [3.05, 3.63) is 12.2 Å². The van der Waals surface area contributed by atoms with Gasteiger partial charge in [0.15, 0.2) is 0 Å². The van der Waals surface area contributed by atoms with Crippen LogP contribution in [0.2, 0.25) is 0 Å². The molecule has 7 heteroatoms.